The van der Waals surface area contributed by atoms with Gasteiger partial charge in [0, 0.05) is 47.4 Å². The van der Waals surface area contributed by atoms with Crippen molar-refractivity contribution in [3.63, 3.8) is 0 Å². The maximum atomic E-state index is 13.0. The zero-order valence-corrected chi connectivity index (χ0v) is 15.3. The van der Waals surface area contributed by atoms with E-state index in [2.05, 4.69) is 24.4 Å². The summed E-state index contributed by atoms with van der Waals surface area (Å²) in [5.74, 6) is 0.685. The number of hydrogen-bond donors (Lipinski definition) is 1. The van der Waals surface area contributed by atoms with Gasteiger partial charge in [-0.05, 0) is 18.9 Å². The second kappa shape index (κ2) is 6.90. The van der Waals surface area contributed by atoms with Crippen LogP contribution in [0.4, 0.5) is 0 Å². The zero-order valence-electron chi connectivity index (χ0n) is 14.5. The monoisotopic (exact) mass is 357 g/mol. The Balaban J connectivity index is 1.56. The highest BCUT2D eigenvalue weighted by Crippen LogP contribution is 2.44. The third-order valence-electron chi connectivity index (χ3n) is 5.47. The Morgan fingerprint density at radius 2 is 2.16 bits per heavy atom. The zero-order chi connectivity index (χ0) is 17.4. The first kappa shape index (κ1) is 16.8. The van der Waals surface area contributed by atoms with Crippen LogP contribution in [-0.2, 0) is 9.47 Å². The van der Waals surface area contributed by atoms with Gasteiger partial charge in [-0.15, -0.1) is 11.3 Å². The first-order chi connectivity index (χ1) is 12.2. The van der Waals surface area contributed by atoms with E-state index in [1.54, 1.807) is 18.4 Å². The van der Waals surface area contributed by atoms with Gasteiger partial charge in [-0.25, -0.2) is 0 Å². The fraction of sp³-hybridized carbons (Fsp3) is 0.450. The van der Waals surface area contributed by atoms with E-state index in [1.807, 2.05) is 23.6 Å². The molecule has 4 atom stereocenters. The highest BCUT2D eigenvalue weighted by Gasteiger charge is 2.54. The molecule has 0 radical (unpaired) electrons. The number of rotatable bonds is 5. The Morgan fingerprint density at radius 3 is 2.92 bits per heavy atom. The minimum absolute atomic E-state index is 0.0136. The van der Waals surface area contributed by atoms with Crippen LogP contribution in [0.25, 0.3) is 11.1 Å². The molecule has 1 aliphatic heterocycles. The summed E-state index contributed by atoms with van der Waals surface area (Å²) in [5.41, 5.74) is 2.91. The summed E-state index contributed by atoms with van der Waals surface area (Å²) in [6.45, 7) is 3.48. The summed E-state index contributed by atoms with van der Waals surface area (Å²) >= 11 is 1.63. The maximum absolute atomic E-state index is 13.0. The average molecular weight is 357 g/mol. The molecule has 1 aliphatic carbocycles. The van der Waals surface area contributed by atoms with Gasteiger partial charge in [-0.3, -0.25) is 4.79 Å². The topological polar surface area (TPSA) is 47.6 Å². The number of benzene rings is 1. The van der Waals surface area contributed by atoms with Crippen molar-refractivity contribution >= 4 is 17.2 Å². The number of fused-ring (bicyclic) bond motifs is 1. The molecule has 1 aromatic heterocycles. The summed E-state index contributed by atoms with van der Waals surface area (Å²) < 4.78 is 11.1. The van der Waals surface area contributed by atoms with Gasteiger partial charge in [0.05, 0.1) is 18.3 Å². The van der Waals surface area contributed by atoms with Crippen LogP contribution in [0.5, 0.6) is 0 Å². The molecule has 2 fully saturated rings. The highest BCUT2D eigenvalue weighted by molar-refractivity contribution is 7.10. The molecule has 4 rings (SSSR count). The Bertz CT molecular complexity index is 758. The molecule has 132 valence electrons. The van der Waals surface area contributed by atoms with Gasteiger partial charge < -0.3 is 14.8 Å². The number of ether oxygens (including phenoxy) is 2. The average Bonchev–Trinajstić information content (AvgIpc) is 3.22. The number of carbonyl (C=O) groups is 1. The first-order valence-electron chi connectivity index (χ1n) is 8.75. The second-order valence-electron chi connectivity index (χ2n) is 6.85. The van der Waals surface area contributed by atoms with Gasteiger partial charge in [0.25, 0.3) is 5.91 Å². The molecule has 5 heteroatoms. The molecule has 0 bridgehead atoms. The molecule has 1 amide bonds. The van der Waals surface area contributed by atoms with Crippen molar-refractivity contribution < 1.29 is 14.3 Å². The van der Waals surface area contributed by atoms with Crippen LogP contribution in [0.2, 0.25) is 0 Å². The summed E-state index contributed by atoms with van der Waals surface area (Å²) in [6.07, 6.45) is 1.26. The smallest absolute Gasteiger partial charge is 0.253 e. The van der Waals surface area contributed by atoms with Crippen LogP contribution in [0.1, 0.15) is 21.7 Å². The Morgan fingerprint density at radius 1 is 1.36 bits per heavy atom. The lowest BCUT2D eigenvalue weighted by atomic mass is 9.67. The van der Waals surface area contributed by atoms with Crippen LogP contribution in [0.3, 0.4) is 0 Å². The Labute approximate surface area is 152 Å². The molecule has 25 heavy (non-hydrogen) atoms. The largest absolute Gasteiger partial charge is 0.384 e. The number of carbonyl (C=O) groups excluding carboxylic acids is 1. The fourth-order valence-electron chi connectivity index (χ4n) is 4.25. The summed E-state index contributed by atoms with van der Waals surface area (Å²) in [7, 11) is 1.71. The quantitative estimate of drug-likeness (QED) is 0.891. The second-order valence-corrected chi connectivity index (χ2v) is 7.94. The van der Waals surface area contributed by atoms with Crippen molar-refractivity contribution in [3.8, 4) is 11.1 Å². The number of amides is 1. The van der Waals surface area contributed by atoms with Gasteiger partial charge in [0.2, 0.25) is 0 Å². The molecular formula is C20H23NO3S. The molecule has 1 aromatic carbocycles. The van der Waals surface area contributed by atoms with Crippen LogP contribution in [0.15, 0.2) is 35.7 Å². The van der Waals surface area contributed by atoms with Crippen molar-refractivity contribution in [1.29, 1.82) is 0 Å². The SMILES string of the molecule is COC[C@H]1[C@@H](NC(=O)c2csc(C)c2-c2ccccc2)[C@H]2CCO[C@H]21. The van der Waals surface area contributed by atoms with Gasteiger partial charge in [0.1, 0.15) is 0 Å². The number of thiophene rings is 1. The minimum Gasteiger partial charge on any atom is -0.384 e. The standard InChI is InChI=1S/C20H23NO3S/c1-12-17(13-6-4-3-5-7-13)16(11-25-12)20(22)21-18-14-8-9-24-19(14)15(18)10-23-2/h3-7,11,14-15,18-19H,8-10H2,1-2H3,(H,21,22)/t14-,15+,18+,19-/m1/s1. The predicted octanol–water partition coefficient (Wildman–Crippen LogP) is 3.50. The molecule has 1 N–H and O–H groups in total. The summed E-state index contributed by atoms with van der Waals surface area (Å²) in [4.78, 5) is 14.2. The summed E-state index contributed by atoms with van der Waals surface area (Å²) in [5, 5.41) is 5.24. The normalized spacial score (nSPS) is 27.6. The number of nitrogens with one attached hydrogen (secondary N) is 1. The summed E-state index contributed by atoms with van der Waals surface area (Å²) in [6, 6.07) is 10.3. The van der Waals surface area contributed by atoms with Crippen molar-refractivity contribution in [2.24, 2.45) is 11.8 Å². The van der Waals surface area contributed by atoms with Crippen molar-refractivity contribution in [2.75, 3.05) is 20.3 Å². The van der Waals surface area contributed by atoms with E-state index >= 15 is 0 Å². The van der Waals surface area contributed by atoms with E-state index in [0.717, 1.165) is 29.7 Å². The molecule has 1 saturated heterocycles. The highest BCUT2D eigenvalue weighted by atomic mass is 32.1. The van der Waals surface area contributed by atoms with E-state index in [4.69, 9.17) is 9.47 Å². The van der Waals surface area contributed by atoms with E-state index in [9.17, 15) is 4.79 Å². The lowest BCUT2D eigenvalue weighted by Gasteiger charge is -2.47. The van der Waals surface area contributed by atoms with Gasteiger partial charge in [-0.1, -0.05) is 30.3 Å². The number of methoxy groups -OCH3 is 1. The van der Waals surface area contributed by atoms with Gasteiger partial charge >= 0.3 is 0 Å². The third kappa shape index (κ3) is 2.90. The Kier molecular flexibility index (Phi) is 4.63. The van der Waals surface area contributed by atoms with Crippen LogP contribution < -0.4 is 5.32 Å². The molecule has 2 heterocycles. The molecule has 0 unspecified atom stereocenters. The molecule has 0 spiro atoms. The van der Waals surface area contributed by atoms with E-state index < -0.39 is 0 Å². The fourth-order valence-corrected chi connectivity index (χ4v) is 5.11. The molecular weight excluding hydrogens is 334 g/mol. The van der Waals surface area contributed by atoms with E-state index in [1.165, 1.54) is 4.88 Å². The molecule has 2 aromatic rings. The van der Waals surface area contributed by atoms with E-state index in [-0.39, 0.29) is 24.0 Å². The molecule has 1 saturated carbocycles. The van der Waals surface area contributed by atoms with Crippen LogP contribution in [0, 0.1) is 18.8 Å². The lowest BCUT2D eigenvalue weighted by Crippen LogP contribution is -2.62. The first-order valence-corrected chi connectivity index (χ1v) is 9.63. The molecule has 4 nitrogen and oxygen atoms in total. The number of hydrogen-bond acceptors (Lipinski definition) is 4. The van der Waals surface area contributed by atoms with Gasteiger partial charge in [-0.2, -0.15) is 0 Å². The van der Waals surface area contributed by atoms with E-state index in [0.29, 0.717) is 12.5 Å². The van der Waals surface area contributed by atoms with Crippen LogP contribution in [-0.4, -0.2) is 38.4 Å². The van der Waals surface area contributed by atoms with Crippen molar-refractivity contribution in [2.45, 2.75) is 25.5 Å². The number of aryl methyl sites for hydroxylation is 1. The van der Waals surface area contributed by atoms with Crippen molar-refractivity contribution in [3.05, 3.63) is 46.2 Å². The Hall–Kier alpha value is -1.69. The maximum Gasteiger partial charge on any atom is 0.253 e. The third-order valence-corrected chi connectivity index (χ3v) is 6.38. The minimum atomic E-state index is 0.0136. The lowest BCUT2D eigenvalue weighted by molar-refractivity contribution is -0.0809. The van der Waals surface area contributed by atoms with Crippen molar-refractivity contribution in [1.82, 2.24) is 5.32 Å². The van der Waals surface area contributed by atoms with Gasteiger partial charge in [0.15, 0.2) is 0 Å². The van der Waals surface area contributed by atoms with Crippen LogP contribution >= 0.6 is 11.3 Å². The predicted molar refractivity (Wildman–Crippen MR) is 99.0 cm³/mol. The molecule has 2 aliphatic rings.